The molecule has 2 N–H and O–H groups in total. The Labute approximate surface area is 94.2 Å². The number of nitrogens with two attached hydrogens (primary N) is 1. The highest BCUT2D eigenvalue weighted by molar-refractivity contribution is 7.19. The second-order valence-corrected chi connectivity index (χ2v) is 5.07. The first-order chi connectivity index (χ1) is 7.16. The summed E-state index contributed by atoms with van der Waals surface area (Å²) in [6.45, 7) is 4.15. The third kappa shape index (κ3) is 2.28. The average molecular weight is 217 g/mol. The van der Waals surface area contributed by atoms with Crippen molar-refractivity contribution in [3.8, 4) is 0 Å². The number of hydrogen-bond donors (Lipinski definition) is 1. The van der Waals surface area contributed by atoms with Crippen LogP contribution in [0.3, 0.4) is 0 Å². The van der Waals surface area contributed by atoms with Gasteiger partial charge in [-0.05, 0) is 31.4 Å². The van der Waals surface area contributed by atoms with Crippen LogP contribution in [0.2, 0.25) is 0 Å². The number of hydrogen-bond acceptors (Lipinski definition) is 2. The minimum Gasteiger partial charge on any atom is -0.320 e. The molecule has 1 unspecified atom stereocenters. The van der Waals surface area contributed by atoms with E-state index in [0.717, 1.165) is 0 Å². The highest BCUT2D eigenvalue weighted by Crippen LogP contribution is 2.29. The van der Waals surface area contributed by atoms with Crippen molar-refractivity contribution in [3.63, 3.8) is 0 Å². The van der Waals surface area contributed by atoms with Crippen LogP contribution in [0.1, 0.15) is 24.8 Å². The van der Waals surface area contributed by atoms with E-state index in [2.05, 4.69) is 50.3 Å². The van der Waals surface area contributed by atoms with Gasteiger partial charge < -0.3 is 5.73 Å². The van der Waals surface area contributed by atoms with Gasteiger partial charge in [0.15, 0.2) is 0 Å². The fourth-order valence-electron chi connectivity index (χ4n) is 1.61. The van der Waals surface area contributed by atoms with Gasteiger partial charge in [-0.1, -0.05) is 29.8 Å². The molecule has 0 bridgehead atoms. The van der Waals surface area contributed by atoms with Crippen molar-refractivity contribution >= 4 is 21.4 Å². The molecule has 78 valence electrons. The van der Waals surface area contributed by atoms with Crippen molar-refractivity contribution in [2.45, 2.75) is 19.9 Å². The van der Waals surface area contributed by atoms with E-state index >= 15 is 0 Å². The molecule has 1 atom stereocenters. The fraction of sp³-hybridized carbons (Fsp3) is 0.231. The molecule has 2 aromatic rings. The lowest BCUT2D eigenvalue weighted by atomic mass is 10.1. The van der Waals surface area contributed by atoms with Gasteiger partial charge >= 0.3 is 0 Å². The summed E-state index contributed by atoms with van der Waals surface area (Å²) in [5.74, 6) is 0. The van der Waals surface area contributed by atoms with E-state index in [1.807, 2.05) is 0 Å². The molecular formula is C13H15NS. The summed E-state index contributed by atoms with van der Waals surface area (Å²) in [6.07, 6.45) is 2.10. The van der Waals surface area contributed by atoms with Crippen molar-refractivity contribution < 1.29 is 0 Å². The zero-order chi connectivity index (χ0) is 10.8. The minimum atomic E-state index is 0.0346. The smallest absolute Gasteiger partial charge is 0.0578 e. The maximum absolute atomic E-state index is 6.09. The number of rotatable bonds is 2. The van der Waals surface area contributed by atoms with Gasteiger partial charge in [0.05, 0.1) is 6.04 Å². The van der Waals surface area contributed by atoms with Gasteiger partial charge in [0, 0.05) is 9.58 Å². The van der Waals surface area contributed by atoms with E-state index < -0.39 is 0 Å². The molecule has 1 aromatic heterocycles. The second-order valence-electron chi connectivity index (χ2n) is 3.96. The lowest BCUT2D eigenvalue weighted by Gasteiger charge is -2.02. The molecule has 1 nitrogen and oxygen atoms in total. The zero-order valence-electron chi connectivity index (χ0n) is 9.03. The molecule has 0 aliphatic heterocycles. The molecule has 15 heavy (non-hydrogen) atoms. The highest BCUT2D eigenvalue weighted by atomic mass is 32.1. The summed E-state index contributed by atoms with van der Waals surface area (Å²) in [5, 5.41) is 1.29. The van der Waals surface area contributed by atoms with Gasteiger partial charge in [-0.2, -0.15) is 0 Å². The molecule has 2 heteroatoms. The van der Waals surface area contributed by atoms with Crippen LogP contribution in [0.15, 0.2) is 42.0 Å². The van der Waals surface area contributed by atoms with Gasteiger partial charge in [0.25, 0.3) is 0 Å². The summed E-state index contributed by atoms with van der Waals surface area (Å²) in [4.78, 5) is 1.23. The number of benzene rings is 1. The predicted molar refractivity (Wildman–Crippen MR) is 68.2 cm³/mol. The summed E-state index contributed by atoms with van der Waals surface area (Å²) in [6, 6.07) is 10.6. The Hall–Kier alpha value is -1.12. The van der Waals surface area contributed by atoms with Crippen LogP contribution < -0.4 is 5.73 Å². The van der Waals surface area contributed by atoms with Gasteiger partial charge in [0.1, 0.15) is 0 Å². The van der Waals surface area contributed by atoms with E-state index in [-0.39, 0.29) is 6.04 Å². The third-order valence-corrected chi connectivity index (χ3v) is 3.50. The molecule has 0 radical (unpaired) electrons. The molecule has 0 spiro atoms. The van der Waals surface area contributed by atoms with Gasteiger partial charge in [-0.25, -0.2) is 0 Å². The minimum absolute atomic E-state index is 0.0346. The van der Waals surface area contributed by atoms with Crippen LogP contribution in [0.25, 0.3) is 10.1 Å². The molecule has 1 heterocycles. The van der Waals surface area contributed by atoms with Crippen LogP contribution in [0.5, 0.6) is 0 Å². The molecule has 0 aliphatic rings. The van der Waals surface area contributed by atoms with Crippen LogP contribution in [0, 0.1) is 0 Å². The van der Waals surface area contributed by atoms with Gasteiger partial charge in [-0.3, -0.25) is 0 Å². The first-order valence-electron chi connectivity index (χ1n) is 5.06. The van der Waals surface area contributed by atoms with Crippen LogP contribution in [0.4, 0.5) is 0 Å². The van der Waals surface area contributed by atoms with E-state index in [4.69, 9.17) is 5.73 Å². The molecule has 0 saturated heterocycles. The number of fused-ring (bicyclic) bond motifs is 1. The molecule has 0 fully saturated rings. The standard InChI is InChI=1S/C13H15NS/c1-9(2)7-11(14)13-8-10-5-3-4-6-12(10)15-13/h3-8,11H,14H2,1-2H3. The van der Waals surface area contributed by atoms with Gasteiger partial charge in [0.2, 0.25) is 0 Å². The van der Waals surface area contributed by atoms with E-state index in [1.54, 1.807) is 11.3 Å². The summed E-state index contributed by atoms with van der Waals surface area (Å²) in [7, 11) is 0. The first-order valence-corrected chi connectivity index (χ1v) is 5.87. The van der Waals surface area contributed by atoms with Crippen molar-refractivity contribution in [1.29, 1.82) is 0 Å². The quantitative estimate of drug-likeness (QED) is 0.759. The Bertz CT molecular complexity index is 459. The van der Waals surface area contributed by atoms with Crippen LogP contribution >= 0.6 is 11.3 Å². The van der Waals surface area contributed by atoms with Crippen LogP contribution in [-0.2, 0) is 0 Å². The Balaban J connectivity index is 2.40. The molecule has 0 amide bonds. The SMILES string of the molecule is CC(C)=CC(N)c1cc2ccccc2s1. The summed E-state index contributed by atoms with van der Waals surface area (Å²) < 4.78 is 1.31. The van der Waals surface area contributed by atoms with E-state index in [0.29, 0.717) is 0 Å². The summed E-state index contributed by atoms with van der Waals surface area (Å²) in [5.41, 5.74) is 7.36. The molecule has 0 aliphatic carbocycles. The lowest BCUT2D eigenvalue weighted by molar-refractivity contribution is 0.924. The maximum Gasteiger partial charge on any atom is 0.0578 e. The third-order valence-electron chi connectivity index (χ3n) is 2.29. The number of allylic oxidation sites excluding steroid dienone is 1. The van der Waals surface area contributed by atoms with Crippen molar-refractivity contribution in [1.82, 2.24) is 0 Å². The fourth-order valence-corrected chi connectivity index (χ4v) is 2.64. The van der Waals surface area contributed by atoms with Crippen molar-refractivity contribution in [2.75, 3.05) is 0 Å². The van der Waals surface area contributed by atoms with Crippen molar-refractivity contribution in [3.05, 3.63) is 46.9 Å². The number of thiophene rings is 1. The van der Waals surface area contributed by atoms with Crippen LogP contribution in [-0.4, -0.2) is 0 Å². The Morgan fingerprint density at radius 3 is 2.73 bits per heavy atom. The monoisotopic (exact) mass is 217 g/mol. The maximum atomic E-state index is 6.09. The van der Waals surface area contributed by atoms with E-state index in [9.17, 15) is 0 Å². The highest BCUT2D eigenvalue weighted by Gasteiger charge is 2.06. The summed E-state index contributed by atoms with van der Waals surface area (Å²) >= 11 is 1.78. The normalized spacial score (nSPS) is 12.7. The molecule has 2 rings (SSSR count). The topological polar surface area (TPSA) is 26.0 Å². The van der Waals surface area contributed by atoms with Gasteiger partial charge in [-0.15, -0.1) is 11.3 Å². The second kappa shape index (κ2) is 4.17. The van der Waals surface area contributed by atoms with Crippen molar-refractivity contribution in [2.24, 2.45) is 5.73 Å². The average Bonchev–Trinajstić information content (AvgIpc) is 2.59. The Morgan fingerprint density at radius 1 is 1.33 bits per heavy atom. The first kappa shape index (κ1) is 10.4. The zero-order valence-corrected chi connectivity index (χ0v) is 9.84. The Kier molecular flexibility index (Phi) is 2.89. The predicted octanol–water partition coefficient (Wildman–Crippen LogP) is 3.87. The lowest BCUT2D eigenvalue weighted by Crippen LogP contribution is -2.04. The largest absolute Gasteiger partial charge is 0.320 e. The Morgan fingerprint density at radius 2 is 2.07 bits per heavy atom. The van der Waals surface area contributed by atoms with E-state index in [1.165, 1.54) is 20.5 Å². The molecule has 0 saturated carbocycles. The molecule has 1 aromatic carbocycles. The molecular weight excluding hydrogens is 202 g/mol.